The number of benzene rings is 2. The van der Waals surface area contributed by atoms with Gasteiger partial charge in [0.2, 0.25) is 0 Å². The highest BCUT2D eigenvalue weighted by molar-refractivity contribution is 6.04. The molecule has 2 heterocycles. The van der Waals surface area contributed by atoms with Crippen LogP contribution < -0.4 is 11.1 Å². The number of primary amides is 1. The molecule has 4 rings (SSSR count). The lowest BCUT2D eigenvalue weighted by Crippen LogP contribution is -2.41. The van der Waals surface area contributed by atoms with E-state index in [1.807, 2.05) is 6.07 Å². The van der Waals surface area contributed by atoms with Crippen molar-refractivity contribution < 1.29 is 13.6 Å². The lowest BCUT2D eigenvalue weighted by atomic mass is 9.76. The normalized spacial score (nSPS) is 20.1. The number of fused-ring (bicyclic) bond motifs is 1. The van der Waals surface area contributed by atoms with Gasteiger partial charge in [-0.25, -0.2) is 13.5 Å². The Morgan fingerprint density at radius 2 is 2.11 bits per heavy atom. The summed E-state index contributed by atoms with van der Waals surface area (Å²) in [6.45, 7) is 3.91. The average Bonchev–Trinajstić information content (AvgIpc) is 3.04. The van der Waals surface area contributed by atoms with Crippen molar-refractivity contribution in [2.24, 2.45) is 5.73 Å². The van der Waals surface area contributed by atoms with Crippen molar-refractivity contribution in [2.75, 3.05) is 13.1 Å². The second-order valence-corrected chi connectivity index (χ2v) is 7.34. The Morgan fingerprint density at radius 3 is 2.78 bits per heavy atom. The SMILES string of the molecule is C[C@]1(c2ccc(-n3cc4cc(F)cc(C(N)=O)c4n3)c(F)c2)CCCNC1. The summed E-state index contributed by atoms with van der Waals surface area (Å²) in [4.78, 5) is 11.6. The van der Waals surface area contributed by atoms with Crippen LogP contribution in [0.25, 0.3) is 16.6 Å². The van der Waals surface area contributed by atoms with Gasteiger partial charge in [-0.15, -0.1) is 0 Å². The molecule has 1 atom stereocenters. The maximum atomic E-state index is 14.9. The zero-order valence-corrected chi connectivity index (χ0v) is 14.9. The third-order valence-corrected chi connectivity index (χ3v) is 5.33. The number of rotatable bonds is 3. The highest BCUT2D eigenvalue weighted by Gasteiger charge is 2.29. The molecule has 1 amide bonds. The number of halogens is 2. The molecule has 1 aliphatic rings. The minimum atomic E-state index is -0.779. The van der Waals surface area contributed by atoms with Crippen LogP contribution in [0.15, 0.2) is 36.5 Å². The van der Waals surface area contributed by atoms with Gasteiger partial charge in [0.15, 0.2) is 0 Å². The number of hydrogen-bond acceptors (Lipinski definition) is 3. The van der Waals surface area contributed by atoms with E-state index in [0.717, 1.165) is 37.6 Å². The number of nitrogens with one attached hydrogen (secondary N) is 1. The molecule has 3 aromatic rings. The van der Waals surface area contributed by atoms with Gasteiger partial charge >= 0.3 is 0 Å². The van der Waals surface area contributed by atoms with E-state index in [2.05, 4.69) is 17.3 Å². The molecule has 1 aromatic heterocycles. The van der Waals surface area contributed by atoms with E-state index in [1.54, 1.807) is 6.07 Å². The predicted octanol–water partition coefficient (Wildman–Crippen LogP) is 3.04. The highest BCUT2D eigenvalue weighted by Crippen LogP contribution is 2.32. The molecule has 7 heteroatoms. The Hall–Kier alpha value is -2.80. The molecule has 0 unspecified atom stereocenters. The molecule has 1 aliphatic heterocycles. The Kier molecular flexibility index (Phi) is 4.19. The molecular formula is C20H20F2N4O. The number of nitrogens with zero attached hydrogens (tertiary/aromatic N) is 2. The third kappa shape index (κ3) is 3.08. The number of piperidine rings is 1. The third-order valence-electron chi connectivity index (χ3n) is 5.33. The summed E-state index contributed by atoms with van der Waals surface area (Å²) >= 11 is 0. The van der Waals surface area contributed by atoms with E-state index >= 15 is 0 Å². The zero-order valence-electron chi connectivity index (χ0n) is 14.9. The van der Waals surface area contributed by atoms with Crippen LogP contribution >= 0.6 is 0 Å². The molecule has 0 bridgehead atoms. The molecule has 0 spiro atoms. The summed E-state index contributed by atoms with van der Waals surface area (Å²) in [6, 6.07) is 7.37. The Morgan fingerprint density at radius 1 is 1.30 bits per heavy atom. The fraction of sp³-hybridized carbons (Fsp3) is 0.300. The van der Waals surface area contributed by atoms with Crippen LogP contribution in [-0.2, 0) is 5.41 Å². The highest BCUT2D eigenvalue weighted by atomic mass is 19.1. The first-order chi connectivity index (χ1) is 12.9. The van der Waals surface area contributed by atoms with Crippen molar-refractivity contribution in [1.82, 2.24) is 15.1 Å². The van der Waals surface area contributed by atoms with Crippen LogP contribution in [0.4, 0.5) is 8.78 Å². The van der Waals surface area contributed by atoms with E-state index in [9.17, 15) is 13.6 Å². The van der Waals surface area contributed by atoms with Crippen molar-refractivity contribution in [3.63, 3.8) is 0 Å². The largest absolute Gasteiger partial charge is 0.366 e. The Balaban J connectivity index is 1.78. The van der Waals surface area contributed by atoms with E-state index in [1.165, 1.54) is 23.0 Å². The molecule has 27 heavy (non-hydrogen) atoms. The van der Waals surface area contributed by atoms with E-state index in [-0.39, 0.29) is 22.2 Å². The van der Waals surface area contributed by atoms with Crippen LogP contribution in [0.5, 0.6) is 0 Å². The Labute approximate surface area is 155 Å². The fourth-order valence-electron chi connectivity index (χ4n) is 3.78. The number of carbonyl (C=O) groups excluding carboxylic acids is 1. The molecule has 0 radical (unpaired) electrons. The smallest absolute Gasteiger partial charge is 0.251 e. The van der Waals surface area contributed by atoms with E-state index < -0.39 is 17.5 Å². The zero-order chi connectivity index (χ0) is 19.2. The standard InChI is InChI=1S/C20H20F2N4O/c1-20(5-2-6-24-11-20)13-3-4-17(16(22)8-13)26-10-12-7-14(21)9-15(19(23)27)18(12)25-26/h3-4,7-10,24H,2,5-6,11H2,1H3,(H2,23,27)/t20-/m0/s1. The summed E-state index contributed by atoms with van der Waals surface area (Å²) in [6.07, 6.45) is 3.53. The summed E-state index contributed by atoms with van der Waals surface area (Å²) < 4.78 is 29.9. The van der Waals surface area contributed by atoms with Gasteiger partial charge in [-0.2, -0.15) is 5.10 Å². The van der Waals surface area contributed by atoms with Crippen LogP contribution in [0.1, 0.15) is 35.7 Å². The summed E-state index contributed by atoms with van der Waals surface area (Å²) in [7, 11) is 0. The van der Waals surface area contributed by atoms with Gasteiger partial charge in [-0.1, -0.05) is 13.0 Å². The predicted molar refractivity (Wildman–Crippen MR) is 99.0 cm³/mol. The van der Waals surface area contributed by atoms with Crippen molar-refractivity contribution in [2.45, 2.75) is 25.2 Å². The van der Waals surface area contributed by atoms with Gasteiger partial charge in [0.1, 0.15) is 22.8 Å². The van der Waals surface area contributed by atoms with Crippen LogP contribution in [0.3, 0.4) is 0 Å². The van der Waals surface area contributed by atoms with Gasteiger partial charge < -0.3 is 11.1 Å². The number of carbonyl (C=O) groups is 1. The molecular weight excluding hydrogens is 350 g/mol. The molecule has 140 valence electrons. The van der Waals surface area contributed by atoms with E-state index in [0.29, 0.717) is 5.39 Å². The number of aromatic nitrogens is 2. The molecule has 3 N–H and O–H groups in total. The first kappa shape index (κ1) is 17.6. The number of hydrogen-bond donors (Lipinski definition) is 2. The van der Waals surface area contributed by atoms with Gasteiger partial charge in [-0.3, -0.25) is 4.79 Å². The average molecular weight is 370 g/mol. The lowest BCUT2D eigenvalue weighted by molar-refractivity contribution is 0.100. The molecule has 0 saturated carbocycles. The quantitative estimate of drug-likeness (QED) is 0.744. The van der Waals surface area contributed by atoms with E-state index in [4.69, 9.17) is 5.73 Å². The summed E-state index contributed by atoms with van der Waals surface area (Å²) in [5.74, 6) is -1.80. The Bertz CT molecular complexity index is 1040. The molecule has 1 saturated heterocycles. The molecule has 5 nitrogen and oxygen atoms in total. The van der Waals surface area contributed by atoms with Crippen molar-refractivity contribution in [3.05, 3.63) is 59.3 Å². The van der Waals surface area contributed by atoms with Crippen molar-refractivity contribution in [3.8, 4) is 5.69 Å². The second-order valence-electron chi connectivity index (χ2n) is 7.34. The van der Waals surface area contributed by atoms with Crippen LogP contribution in [-0.4, -0.2) is 28.8 Å². The maximum Gasteiger partial charge on any atom is 0.251 e. The van der Waals surface area contributed by atoms with Crippen LogP contribution in [0.2, 0.25) is 0 Å². The summed E-state index contributed by atoms with van der Waals surface area (Å²) in [5.41, 5.74) is 6.57. The molecule has 0 aliphatic carbocycles. The monoisotopic (exact) mass is 370 g/mol. The minimum absolute atomic E-state index is 0.0263. The topological polar surface area (TPSA) is 72.9 Å². The van der Waals surface area contributed by atoms with Crippen molar-refractivity contribution in [1.29, 1.82) is 0 Å². The maximum absolute atomic E-state index is 14.9. The second kappa shape index (κ2) is 6.42. The number of amides is 1. The molecule has 1 fully saturated rings. The first-order valence-electron chi connectivity index (χ1n) is 8.87. The minimum Gasteiger partial charge on any atom is -0.366 e. The molecule has 2 aromatic carbocycles. The number of nitrogens with two attached hydrogens (primary N) is 1. The van der Waals surface area contributed by atoms with Gasteiger partial charge in [0.25, 0.3) is 5.91 Å². The first-order valence-corrected chi connectivity index (χ1v) is 8.87. The van der Waals surface area contributed by atoms with Gasteiger partial charge in [-0.05, 0) is 49.2 Å². The summed E-state index contributed by atoms with van der Waals surface area (Å²) in [5, 5.41) is 8.01. The van der Waals surface area contributed by atoms with Gasteiger partial charge in [0.05, 0.1) is 5.56 Å². The lowest BCUT2D eigenvalue weighted by Gasteiger charge is -2.34. The van der Waals surface area contributed by atoms with Gasteiger partial charge in [0, 0.05) is 23.5 Å². The van der Waals surface area contributed by atoms with Crippen LogP contribution in [0, 0.1) is 11.6 Å². The fourth-order valence-corrected chi connectivity index (χ4v) is 3.78. The van der Waals surface area contributed by atoms with Crippen molar-refractivity contribution >= 4 is 16.8 Å².